The van der Waals surface area contributed by atoms with E-state index in [-0.39, 0.29) is 5.91 Å². The van der Waals surface area contributed by atoms with Crippen LogP contribution in [0.15, 0.2) is 83.1 Å². The maximum atomic E-state index is 12.2. The molecule has 0 aromatic heterocycles. The summed E-state index contributed by atoms with van der Waals surface area (Å²) in [7, 11) is 0. The van der Waals surface area contributed by atoms with E-state index < -0.39 is 0 Å². The minimum absolute atomic E-state index is 0.0142. The highest BCUT2D eigenvalue weighted by atomic mass is 32.2. The van der Waals surface area contributed by atoms with Crippen LogP contribution in [0.25, 0.3) is 5.57 Å². The number of hydrogen-bond donors (Lipinski definition) is 1. The van der Waals surface area contributed by atoms with Gasteiger partial charge in [-0.15, -0.1) is 0 Å². The highest BCUT2D eigenvalue weighted by Gasteiger charge is 2.12. The molecule has 2 nitrogen and oxygen atoms in total. The summed E-state index contributed by atoms with van der Waals surface area (Å²) in [5.74, 6) is -0.0142. The zero-order chi connectivity index (χ0) is 20.8. The topological polar surface area (TPSA) is 29.1 Å². The number of carbonyl (C=O) groups is 1. The Balaban J connectivity index is 1.85. The van der Waals surface area contributed by atoms with Crippen molar-refractivity contribution in [3.05, 3.63) is 101 Å². The van der Waals surface area contributed by atoms with Gasteiger partial charge in [-0.3, -0.25) is 4.79 Å². The van der Waals surface area contributed by atoms with Gasteiger partial charge in [0.25, 0.3) is 5.91 Å². The SMILES string of the molecule is C=C(c1ccc(C)cc1)c1ccccc1Sc1ccc(C(=O)NCCC)cc1C. The Morgan fingerprint density at radius 3 is 2.31 bits per heavy atom. The van der Waals surface area contributed by atoms with E-state index in [0.29, 0.717) is 12.1 Å². The first-order valence-corrected chi connectivity index (χ1v) is 10.7. The van der Waals surface area contributed by atoms with E-state index >= 15 is 0 Å². The second-order valence-electron chi connectivity index (χ2n) is 7.18. The molecule has 29 heavy (non-hydrogen) atoms. The highest BCUT2D eigenvalue weighted by Crippen LogP contribution is 2.37. The Kier molecular flexibility index (Phi) is 6.95. The van der Waals surface area contributed by atoms with Crippen LogP contribution in [0, 0.1) is 13.8 Å². The molecule has 1 N–H and O–H groups in total. The lowest BCUT2D eigenvalue weighted by molar-refractivity contribution is 0.0953. The van der Waals surface area contributed by atoms with Crippen molar-refractivity contribution in [3.63, 3.8) is 0 Å². The molecule has 0 saturated heterocycles. The average Bonchev–Trinajstić information content (AvgIpc) is 2.74. The third kappa shape index (κ3) is 5.18. The van der Waals surface area contributed by atoms with E-state index in [0.717, 1.165) is 38.5 Å². The number of hydrogen-bond acceptors (Lipinski definition) is 2. The Hall–Kier alpha value is -2.78. The van der Waals surface area contributed by atoms with Crippen LogP contribution in [0.1, 0.15) is 46.0 Å². The fraction of sp³-hybridized carbons (Fsp3) is 0.192. The Bertz CT molecular complexity index is 1020. The highest BCUT2D eigenvalue weighted by molar-refractivity contribution is 7.99. The molecule has 0 unspecified atom stereocenters. The molecule has 0 aliphatic carbocycles. The Morgan fingerprint density at radius 1 is 0.931 bits per heavy atom. The summed E-state index contributed by atoms with van der Waals surface area (Å²) in [6.07, 6.45) is 0.931. The summed E-state index contributed by atoms with van der Waals surface area (Å²) in [4.78, 5) is 14.5. The summed E-state index contributed by atoms with van der Waals surface area (Å²) in [5.41, 5.74) is 6.31. The van der Waals surface area contributed by atoms with E-state index in [4.69, 9.17) is 0 Å². The van der Waals surface area contributed by atoms with Crippen LogP contribution in [-0.2, 0) is 0 Å². The van der Waals surface area contributed by atoms with Gasteiger partial charge in [-0.1, -0.05) is 73.3 Å². The molecule has 3 aromatic carbocycles. The van der Waals surface area contributed by atoms with E-state index in [1.807, 2.05) is 31.2 Å². The quantitative estimate of drug-likeness (QED) is 0.480. The van der Waals surface area contributed by atoms with Gasteiger partial charge in [-0.2, -0.15) is 0 Å². The first-order chi connectivity index (χ1) is 14.0. The second-order valence-corrected chi connectivity index (χ2v) is 8.26. The molecular formula is C26H27NOS. The largest absolute Gasteiger partial charge is 0.352 e. The Labute approximate surface area is 178 Å². The molecule has 3 heteroatoms. The van der Waals surface area contributed by atoms with E-state index in [1.165, 1.54) is 5.56 Å². The molecule has 0 bridgehead atoms. The van der Waals surface area contributed by atoms with Gasteiger partial charge in [0, 0.05) is 21.9 Å². The van der Waals surface area contributed by atoms with Gasteiger partial charge in [-0.25, -0.2) is 0 Å². The normalized spacial score (nSPS) is 10.6. The number of nitrogens with one attached hydrogen (secondary N) is 1. The van der Waals surface area contributed by atoms with Crippen molar-refractivity contribution in [2.45, 2.75) is 37.0 Å². The number of amides is 1. The van der Waals surface area contributed by atoms with Crippen LogP contribution < -0.4 is 5.32 Å². The van der Waals surface area contributed by atoms with Crippen molar-refractivity contribution < 1.29 is 4.79 Å². The van der Waals surface area contributed by atoms with Crippen molar-refractivity contribution in [1.82, 2.24) is 5.32 Å². The van der Waals surface area contributed by atoms with E-state index in [9.17, 15) is 4.79 Å². The van der Waals surface area contributed by atoms with Crippen LogP contribution in [0.5, 0.6) is 0 Å². The minimum Gasteiger partial charge on any atom is -0.352 e. The van der Waals surface area contributed by atoms with Crippen molar-refractivity contribution in [2.75, 3.05) is 6.54 Å². The van der Waals surface area contributed by atoms with Gasteiger partial charge in [-0.05, 0) is 66.8 Å². The lowest BCUT2D eigenvalue weighted by atomic mass is 9.99. The number of carbonyl (C=O) groups excluding carboxylic acids is 1. The minimum atomic E-state index is -0.0142. The third-order valence-electron chi connectivity index (χ3n) is 4.80. The molecule has 0 fully saturated rings. The first kappa shape index (κ1) is 20.9. The number of aryl methyl sites for hydroxylation is 2. The van der Waals surface area contributed by atoms with Crippen molar-refractivity contribution in [1.29, 1.82) is 0 Å². The molecule has 0 aliphatic heterocycles. The van der Waals surface area contributed by atoms with Crippen LogP contribution in [0.3, 0.4) is 0 Å². The van der Waals surface area contributed by atoms with E-state index in [2.05, 4.69) is 68.2 Å². The van der Waals surface area contributed by atoms with Crippen LogP contribution >= 0.6 is 11.8 Å². The molecule has 3 aromatic rings. The summed E-state index contributed by atoms with van der Waals surface area (Å²) in [6, 6.07) is 22.7. The zero-order valence-corrected chi connectivity index (χ0v) is 18.1. The molecule has 1 amide bonds. The van der Waals surface area contributed by atoms with Crippen molar-refractivity contribution in [2.24, 2.45) is 0 Å². The van der Waals surface area contributed by atoms with Crippen LogP contribution in [-0.4, -0.2) is 12.5 Å². The molecular weight excluding hydrogens is 374 g/mol. The van der Waals surface area contributed by atoms with Crippen molar-refractivity contribution in [3.8, 4) is 0 Å². The van der Waals surface area contributed by atoms with Crippen molar-refractivity contribution >= 4 is 23.2 Å². The van der Waals surface area contributed by atoms with E-state index in [1.54, 1.807) is 11.8 Å². The van der Waals surface area contributed by atoms with Crippen LogP contribution in [0.2, 0.25) is 0 Å². The fourth-order valence-corrected chi connectivity index (χ4v) is 4.12. The maximum Gasteiger partial charge on any atom is 0.251 e. The smallest absolute Gasteiger partial charge is 0.251 e. The molecule has 0 heterocycles. The molecule has 0 atom stereocenters. The van der Waals surface area contributed by atoms with Gasteiger partial charge < -0.3 is 5.32 Å². The summed E-state index contributed by atoms with van der Waals surface area (Å²) in [5, 5.41) is 2.93. The fourth-order valence-electron chi connectivity index (χ4n) is 3.08. The average molecular weight is 402 g/mol. The van der Waals surface area contributed by atoms with Gasteiger partial charge >= 0.3 is 0 Å². The van der Waals surface area contributed by atoms with Gasteiger partial charge in [0.1, 0.15) is 0 Å². The number of benzene rings is 3. The third-order valence-corrected chi connectivity index (χ3v) is 6.06. The standard InChI is InChI=1S/C26H27NOS/c1-5-16-27-26(28)22-14-15-24(19(3)17-22)29-25-9-7-6-8-23(25)20(4)21-12-10-18(2)11-13-21/h6-15,17H,4-5,16H2,1-3H3,(H,27,28). The first-order valence-electron chi connectivity index (χ1n) is 9.91. The summed E-state index contributed by atoms with van der Waals surface area (Å²) >= 11 is 1.71. The number of rotatable bonds is 7. The molecule has 0 saturated carbocycles. The van der Waals surface area contributed by atoms with Gasteiger partial charge in [0.15, 0.2) is 0 Å². The zero-order valence-electron chi connectivity index (χ0n) is 17.3. The molecule has 0 spiro atoms. The Morgan fingerprint density at radius 2 is 1.62 bits per heavy atom. The van der Waals surface area contributed by atoms with Gasteiger partial charge in [0.05, 0.1) is 0 Å². The lowest BCUT2D eigenvalue weighted by Gasteiger charge is -2.14. The lowest BCUT2D eigenvalue weighted by Crippen LogP contribution is -2.23. The second kappa shape index (κ2) is 9.62. The maximum absolute atomic E-state index is 12.2. The summed E-state index contributed by atoms with van der Waals surface area (Å²) in [6.45, 7) is 11.2. The predicted octanol–water partition coefficient (Wildman–Crippen LogP) is 6.66. The predicted molar refractivity (Wildman–Crippen MR) is 124 cm³/mol. The summed E-state index contributed by atoms with van der Waals surface area (Å²) < 4.78 is 0. The van der Waals surface area contributed by atoms with Gasteiger partial charge in [0.2, 0.25) is 0 Å². The monoisotopic (exact) mass is 401 g/mol. The molecule has 0 radical (unpaired) electrons. The molecule has 0 aliphatic rings. The molecule has 3 rings (SSSR count). The van der Waals surface area contributed by atoms with Crippen LogP contribution in [0.4, 0.5) is 0 Å². The molecule has 148 valence electrons.